The van der Waals surface area contributed by atoms with Crippen LogP contribution in [0.4, 0.5) is 0 Å². The Morgan fingerprint density at radius 2 is 1.24 bits per heavy atom. The Balaban J connectivity index is 2.42. The van der Waals surface area contributed by atoms with Crippen LogP contribution in [0.15, 0.2) is 24.3 Å². The second-order valence-electron chi connectivity index (χ2n) is 3.91. The van der Waals surface area contributed by atoms with Crippen molar-refractivity contribution in [3.05, 3.63) is 35.4 Å². The molecule has 0 atom stereocenters. The van der Waals surface area contributed by atoms with E-state index in [9.17, 15) is 9.59 Å². The van der Waals surface area contributed by atoms with E-state index >= 15 is 0 Å². The maximum Gasteiger partial charge on any atom is 0.338 e. The number of esters is 2. The van der Waals surface area contributed by atoms with Crippen molar-refractivity contribution in [1.82, 2.24) is 0 Å². The van der Waals surface area contributed by atoms with Crippen LogP contribution < -0.4 is 0 Å². The van der Waals surface area contributed by atoms with E-state index in [0.29, 0.717) is 5.56 Å². The van der Waals surface area contributed by atoms with Crippen LogP contribution in [0.3, 0.4) is 0 Å². The van der Waals surface area contributed by atoms with Gasteiger partial charge in [0, 0.05) is 0 Å². The van der Waals surface area contributed by atoms with Gasteiger partial charge in [-0.05, 0) is 24.3 Å². The van der Waals surface area contributed by atoms with Gasteiger partial charge in [0.25, 0.3) is 0 Å². The van der Waals surface area contributed by atoms with Crippen LogP contribution in [-0.4, -0.2) is 61.8 Å². The van der Waals surface area contributed by atoms with E-state index in [0.717, 1.165) is 0 Å². The molecule has 1 rings (SSSR count). The summed E-state index contributed by atoms with van der Waals surface area (Å²) in [6.45, 7) is 0.0892. The topological polar surface area (TPSA) is 102 Å². The molecule has 1 aromatic carbocycles. The van der Waals surface area contributed by atoms with E-state index in [-0.39, 0.29) is 45.2 Å². The summed E-state index contributed by atoms with van der Waals surface area (Å²) in [6, 6.07) is 5.79. The fraction of sp³-hybridized carbons (Fsp3) is 0.429. The molecular formula is C14H18O7. The predicted octanol–water partition coefficient (Wildman–Crippen LogP) is 0.00140. The highest BCUT2D eigenvalue weighted by molar-refractivity contribution is 5.93. The standard InChI is InChI=1S/C14H18O7/c15-5-7-19-9-10-21-14(18)12-3-1-11(2-4-12)13(17)20-8-6-16/h1-4,15-16H,5-10H2. The number of ether oxygens (including phenoxy) is 3. The van der Waals surface area contributed by atoms with Crippen molar-refractivity contribution in [2.75, 3.05) is 39.6 Å². The fourth-order valence-corrected chi connectivity index (χ4v) is 1.41. The number of aliphatic hydroxyl groups is 2. The maximum atomic E-state index is 11.7. The molecule has 0 aliphatic heterocycles. The van der Waals surface area contributed by atoms with Gasteiger partial charge in [-0.15, -0.1) is 0 Å². The Morgan fingerprint density at radius 3 is 1.71 bits per heavy atom. The molecule has 1 aromatic rings. The molecule has 116 valence electrons. The first kappa shape index (κ1) is 17.1. The Bertz CT molecular complexity index is 441. The van der Waals surface area contributed by atoms with E-state index in [4.69, 9.17) is 24.4 Å². The average molecular weight is 298 g/mol. The Kier molecular flexibility index (Phi) is 8.03. The monoisotopic (exact) mass is 298 g/mol. The summed E-state index contributed by atoms with van der Waals surface area (Å²) >= 11 is 0. The summed E-state index contributed by atoms with van der Waals surface area (Å²) in [6.07, 6.45) is 0. The number of hydrogen-bond donors (Lipinski definition) is 2. The summed E-state index contributed by atoms with van der Waals surface area (Å²) < 4.78 is 14.6. The lowest BCUT2D eigenvalue weighted by Gasteiger charge is -2.06. The molecule has 0 unspecified atom stereocenters. The van der Waals surface area contributed by atoms with E-state index in [1.807, 2.05) is 0 Å². The normalized spacial score (nSPS) is 10.2. The zero-order valence-corrected chi connectivity index (χ0v) is 11.5. The number of rotatable bonds is 9. The predicted molar refractivity (Wildman–Crippen MR) is 72.0 cm³/mol. The highest BCUT2D eigenvalue weighted by atomic mass is 16.6. The molecule has 0 fully saturated rings. The number of benzene rings is 1. The smallest absolute Gasteiger partial charge is 0.338 e. The molecule has 0 aromatic heterocycles. The van der Waals surface area contributed by atoms with Crippen LogP contribution >= 0.6 is 0 Å². The van der Waals surface area contributed by atoms with Crippen molar-refractivity contribution in [1.29, 1.82) is 0 Å². The maximum absolute atomic E-state index is 11.7. The molecule has 21 heavy (non-hydrogen) atoms. The number of aliphatic hydroxyl groups excluding tert-OH is 2. The SMILES string of the molecule is O=C(OCCO)c1ccc(C(=O)OCCOCCO)cc1. The molecule has 0 saturated heterocycles. The second kappa shape index (κ2) is 9.87. The van der Waals surface area contributed by atoms with Crippen molar-refractivity contribution < 1.29 is 34.0 Å². The summed E-state index contributed by atoms with van der Waals surface area (Å²) in [5.41, 5.74) is 0.585. The highest BCUT2D eigenvalue weighted by Crippen LogP contribution is 2.07. The first-order valence-corrected chi connectivity index (χ1v) is 6.43. The van der Waals surface area contributed by atoms with Gasteiger partial charge in [0.05, 0.1) is 37.6 Å². The zero-order chi connectivity index (χ0) is 15.5. The fourth-order valence-electron chi connectivity index (χ4n) is 1.41. The van der Waals surface area contributed by atoms with E-state index < -0.39 is 11.9 Å². The minimum atomic E-state index is -0.568. The Hall–Kier alpha value is -1.96. The van der Waals surface area contributed by atoms with Gasteiger partial charge < -0.3 is 24.4 Å². The average Bonchev–Trinajstić information content (AvgIpc) is 2.52. The molecule has 0 heterocycles. The number of carbonyl (C=O) groups is 2. The van der Waals surface area contributed by atoms with Gasteiger partial charge in [-0.1, -0.05) is 0 Å². The van der Waals surface area contributed by atoms with Crippen molar-refractivity contribution in [3.8, 4) is 0 Å². The first-order chi connectivity index (χ1) is 10.2. The molecular weight excluding hydrogens is 280 g/mol. The van der Waals surface area contributed by atoms with Crippen molar-refractivity contribution in [2.45, 2.75) is 0 Å². The Labute approximate surface area is 122 Å². The molecule has 0 aliphatic carbocycles. The van der Waals surface area contributed by atoms with Gasteiger partial charge in [-0.2, -0.15) is 0 Å². The summed E-state index contributed by atoms with van der Waals surface area (Å²) in [5, 5.41) is 17.0. The van der Waals surface area contributed by atoms with Crippen LogP contribution in [0.5, 0.6) is 0 Å². The number of hydrogen-bond acceptors (Lipinski definition) is 7. The Morgan fingerprint density at radius 1 is 0.762 bits per heavy atom. The van der Waals surface area contributed by atoms with E-state index in [2.05, 4.69) is 0 Å². The molecule has 7 nitrogen and oxygen atoms in total. The minimum Gasteiger partial charge on any atom is -0.460 e. The summed E-state index contributed by atoms with van der Waals surface area (Å²) in [5.74, 6) is -1.10. The van der Waals surface area contributed by atoms with E-state index in [1.54, 1.807) is 0 Å². The molecule has 0 bridgehead atoms. The molecule has 0 amide bonds. The molecule has 0 spiro atoms. The van der Waals surface area contributed by atoms with Gasteiger partial charge in [0.1, 0.15) is 13.2 Å². The minimum absolute atomic E-state index is 0.0729. The van der Waals surface area contributed by atoms with Crippen LogP contribution in [0.2, 0.25) is 0 Å². The quantitative estimate of drug-likeness (QED) is 0.488. The van der Waals surface area contributed by atoms with Crippen LogP contribution in [0.25, 0.3) is 0 Å². The lowest BCUT2D eigenvalue weighted by Crippen LogP contribution is -2.13. The van der Waals surface area contributed by atoms with E-state index in [1.165, 1.54) is 24.3 Å². The highest BCUT2D eigenvalue weighted by Gasteiger charge is 2.10. The molecule has 0 radical (unpaired) electrons. The van der Waals surface area contributed by atoms with Gasteiger partial charge in [-0.3, -0.25) is 0 Å². The molecule has 2 N–H and O–H groups in total. The van der Waals surface area contributed by atoms with Gasteiger partial charge >= 0.3 is 11.9 Å². The van der Waals surface area contributed by atoms with Crippen molar-refractivity contribution in [2.24, 2.45) is 0 Å². The van der Waals surface area contributed by atoms with Crippen LogP contribution in [0, 0.1) is 0 Å². The lowest BCUT2D eigenvalue weighted by molar-refractivity contribution is 0.0257. The van der Waals surface area contributed by atoms with Gasteiger partial charge in [0.2, 0.25) is 0 Å². The van der Waals surface area contributed by atoms with Crippen LogP contribution in [-0.2, 0) is 14.2 Å². The molecule has 7 heteroatoms. The third-order valence-corrected chi connectivity index (χ3v) is 2.38. The van der Waals surface area contributed by atoms with Crippen molar-refractivity contribution >= 4 is 11.9 Å². The lowest BCUT2D eigenvalue weighted by atomic mass is 10.1. The zero-order valence-electron chi connectivity index (χ0n) is 11.5. The third-order valence-electron chi connectivity index (χ3n) is 2.38. The first-order valence-electron chi connectivity index (χ1n) is 6.43. The van der Waals surface area contributed by atoms with Gasteiger partial charge in [-0.25, -0.2) is 9.59 Å². The molecule has 0 aliphatic rings. The number of carbonyl (C=O) groups excluding carboxylic acids is 2. The summed E-state index contributed by atoms with van der Waals surface area (Å²) in [4.78, 5) is 23.1. The largest absolute Gasteiger partial charge is 0.460 e. The van der Waals surface area contributed by atoms with Crippen molar-refractivity contribution in [3.63, 3.8) is 0 Å². The third kappa shape index (κ3) is 6.35. The van der Waals surface area contributed by atoms with Crippen LogP contribution in [0.1, 0.15) is 20.7 Å². The summed E-state index contributed by atoms with van der Waals surface area (Å²) in [7, 11) is 0. The molecule has 0 saturated carbocycles. The van der Waals surface area contributed by atoms with Gasteiger partial charge in [0.15, 0.2) is 0 Å². The second-order valence-corrected chi connectivity index (χ2v) is 3.91.